The Morgan fingerprint density at radius 1 is 1.14 bits per heavy atom. The van der Waals surface area contributed by atoms with Crippen LogP contribution in [-0.4, -0.2) is 16.3 Å². The summed E-state index contributed by atoms with van der Waals surface area (Å²) in [5, 5.41) is 12.8. The number of para-hydroxylation sites is 1. The van der Waals surface area contributed by atoms with Gasteiger partial charge < -0.3 is 10.4 Å². The van der Waals surface area contributed by atoms with E-state index in [-0.39, 0.29) is 21.7 Å². The molecule has 4 rings (SSSR count). The van der Waals surface area contributed by atoms with Crippen molar-refractivity contribution in [1.82, 2.24) is 4.98 Å². The van der Waals surface area contributed by atoms with Crippen LogP contribution in [0.1, 0.15) is 16.0 Å². The van der Waals surface area contributed by atoms with E-state index in [0.717, 1.165) is 40.3 Å². The zero-order valence-corrected chi connectivity index (χ0v) is 15.5. The highest BCUT2D eigenvalue weighted by atomic mass is 35.5. The van der Waals surface area contributed by atoms with Crippen LogP contribution in [0, 0.1) is 0 Å². The van der Waals surface area contributed by atoms with Gasteiger partial charge in [-0.1, -0.05) is 41.1 Å². The first kappa shape index (κ1) is 18.5. The van der Waals surface area contributed by atoms with Crippen LogP contribution in [0.3, 0.4) is 0 Å². The zero-order valence-electron chi connectivity index (χ0n) is 14.0. The maximum atomic E-state index is 13.0. The van der Waals surface area contributed by atoms with Crippen LogP contribution in [0.2, 0.25) is 5.02 Å². The fourth-order valence-corrected chi connectivity index (χ4v) is 3.77. The molecule has 0 bridgehead atoms. The highest BCUT2D eigenvalue weighted by molar-refractivity contribution is 7.16. The lowest BCUT2D eigenvalue weighted by molar-refractivity contribution is -0.137. The van der Waals surface area contributed by atoms with Gasteiger partial charge in [0.25, 0.3) is 0 Å². The third-order valence-electron chi connectivity index (χ3n) is 4.00. The van der Waals surface area contributed by atoms with Gasteiger partial charge in [0.2, 0.25) is 5.88 Å². The molecular formula is C19H11ClF3N3OS. The van der Waals surface area contributed by atoms with E-state index < -0.39 is 11.7 Å². The predicted octanol–water partition coefficient (Wildman–Crippen LogP) is 6.52. The predicted molar refractivity (Wildman–Crippen MR) is 106 cm³/mol. The summed E-state index contributed by atoms with van der Waals surface area (Å²) in [5.41, 5.74) is 1.79. The van der Waals surface area contributed by atoms with Crippen molar-refractivity contribution >= 4 is 57.3 Å². The number of thiazole rings is 1. The number of nitrogens with zero attached hydrogens (tertiary/aromatic N) is 2. The fraction of sp³-hybridized carbons (Fsp3) is 0.0526. The molecule has 28 heavy (non-hydrogen) atoms. The molecule has 2 aromatic carbocycles. The fourth-order valence-electron chi connectivity index (χ4n) is 2.71. The van der Waals surface area contributed by atoms with E-state index in [4.69, 9.17) is 11.6 Å². The van der Waals surface area contributed by atoms with Crippen molar-refractivity contribution in [3.63, 3.8) is 0 Å². The van der Waals surface area contributed by atoms with Gasteiger partial charge in [0.05, 0.1) is 21.2 Å². The van der Waals surface area contributed by atoms with Gasteiger partial charge in [0.1, 0.15) is 0 Å². The molecule has 0 amide bonds. The molecule has 3 aromatic rings. The van der Waals surface area contributed by atoms with Gasteiger partial charge in [-0.05, 0) is 30.3 Å². The molecule has 2 heterocycles. The molecule has 2 N–H and O–H groups in total. The van der Waals surface area contributed by atoms with Gasteiger partial charge in [-0.3, -0.25) is 4.99 Å². The number of benzene rings is 2. The molecular weight excluding hydrogens is 411 g/mol. The number of allylic oxidation sites excluding steroid dienone is 1. The number of halogens is 4. The molecule has 4 nitrogen and oxygen atoms in total. The largest absolute Gasteiger partial charge is 0.492 e. The third-order valence-corrected chi connectivity index (χ3v) is 5.24. The topological polar surface area (TPSA) is 57.5 Å². The average molecular weight is 422 g/mol. The van der Waals surface area contributed by atoms with Crippen LogP contribution < -0.4 is 5.32 Å². The highest BCUT2D eigenvalue weighted by Gasteiger charge is 2.33. The van der Waals surface area contributed by atoms with Crippen LogP contribution >= 0.6 is 22.9 Å². The molecule has 1 aliphatic heterocycles. The van der Waals surface area contributed by atoms with Crippen molar-refractivity contribution in [1.29, 1.82) is 0 Å². The summed E-state index contributed by atoms with van der Waals surface area (Å²) in [5.74, 6) is -0.220. The number of hydrogen-bond donors (Lipinski definition) is 2. The summed E-state index contributed by atoms with van der Waals surface area (Å²) in [6.45, 7) is 0. The molecule has 0 atom stereocenters. The number of alkyl halides is 3. The quantitative estimate of drug-likeness (QED) is 0.506. The van der Waals surface area contributed by atoms with Crippen molar-refractivity contribution in [3.8, 4) is 5.88 Å². The van der Waals surface area contributed by atoms with Crippen molar-refractivity contribution in [2.45, 2.75) is 6.18 Å². The number of rotatable bonds is 3. The van der Waals surface area contributed by atoms with Crippen molar-refractivity contribution < 1.29 is 18.3 Å². The number of fused-ring (bicyclic) bond motifs is 1. The van der Waals surface area contributed by atoms with E-state index in [0.29, 0.717) is 4.88 Å². The van der Waals surface area contributed by atoms with Gasteiger partial charge in [-0.2, -0.15) is 18.2 Å². The minimum absolute atomic E-state index is 0.164. The summed E-state index contributed by atoms with van der Waals surface area (Å²) >= 11 is 6.74. The van der Waals surface area contributed by atoms with E-state index in [9.17, 15) is 18.3 Å². The Morgan fingerprint density at radius 2 is 1.93 bits per heavy atom. The Hall–Kier alpha value is -2.84. The molecule has 0 radical (unpaired) electrons. The lowest BCUT2D eigenvalue weighted by atomic mass is 10.1. The minimum Gasteiger partial charge on any atom is -0.492 e. The first-order valence-electron chi connectivity index (χ1n) is 8.00. The summed E-state index contributed by atoms with van der Waals surface area (Å²) in [6.07, 6.45) is -1.15. The molecule has 0 fully saturated rings. The number of anilines is 2. The molecule has 142 valence electrons. The van der Waals surface area contributed by atoms with E-state index in [1.807, 2.05) is 24.3 Å². The monoisotopic (exact) mass is 421 g/mol. The minimum atomic E-state index is -4.56. The van der Waals surface area contributed by atoms with Crippen LogP contribution in [0.25, 0.3) is 11.6 Å². The Kier molecular flexibility index (Phi) is 4.60. The van der Waals surface area contributed by atoms with Crippen molar-refractivity contribution in [2.24, 2.45) is 4.99 Å². The summed E-state index contributed by atoms with van der Waals surface area (Å²) in [6, 6.07) is 11.0. The van der Waals surface area contributed by atoms with Crippen LogP contribution in [0.4, 0.5) is 29.7 Å². The van der Waals surface area contributed by atoms with Crippen LogP contribution in [0.15, 0.2) is 47.5 Å². The van der Waals surface area contributed by atoms with E-state index in [1.54, 1.807) is 12.3 Å². The summed E-state index contributed by atoms with van der Waals surface area (Å²) < 4.78 is 39.0. The maximum absolute atomic E-state index is 13.0. The second-order valence-electron chi connectivity index (χ2n) is 5.90. The highest BCUT2D eigenvalue weighted by Crippen LogP contribution is 2.39. The number of hydrogen-bond acceptors (Lipinski definition) is 5. The Bertz CT molecular complexity index is 1120. The van der Waals surface area contributed by atoms with E-state index >= 15 is 0 Å². The van der Waals surface area contributed by atoms with Crippen molar-refractivity contribution in [2.75, 3.05) is 5.32 Å². The third kappa shape index (κ3) is 3.61. The van der Waals surface area contributed by atoms with Crippen LogP contribution in [0.5, 0.6) is 5.88 Å². The number of aliphatic imine (C=N–C) groups is 1. The first-order chi connectivity index (χ1) is 13.3. The van der Waals surface area contributed by atoms with Gasteiger partial charge in [-0.15, -0.1) is 0 Å². The average Bonchev–Trinajstić information content (AvgIpc) is 3.20. The van der Waals surface area contributed by atoms with Gasteiger partial charge in [0.15, 0.2) is 5.13 Å². The molecule has 0 aliphatic carbocycles. The smallest absolute Gasteiger partial charge is 0.417 e. The number of nitrogens with one attached hydrogen (secondary N) is 1. The molecule has 1 aliphatic rings. The Morgan fingerprint density at radius 3 is 2.71 bits per heavy atom. The lowest BCUT2D eigenvalue weighted by Gasteiger charge is -2.11. The van der Waals surface area contributed by atoms with Crippen molar-refractivity contribution in [3.05, 3.63) is 63.5 Å². The Labute approximate surface area is 166 Å². The van der Waals surface area contributed by atoms with E-state index in [2.05, 4.69) is 15.3 Å². The van der Waals surface area contributed by atoms with Gasteiger partial charge >= 0.3 is 6.18 Å². The first-order valence-corrected chi connectivity index (χ1v) is 9.19. The molecule has 0 unspecified atom stereocenters. The summed E-state index contributed by atoms with van der Waals surface area (Å²) in [7, 11) is 0. The lowest BCUT2D eigenvalue weighted by Crippen LogP contribution is -2.06. The van der Waals surface area contributed by atoms with E-state index in [1.165, 1.54) is 6.07 Å². The number of aromatic hydroxyl groups is 1. The van der Waals surface area contributed by atoms with Gasteiger partial charge in [-0.25, -0.2) is 0 Å². The Balaban J connectivity index is 1.62. The molecule has 0 saturated heterocycles. The molecule has 1 aromatic heterocycles. The second-order valence-corrected chi connectivity index (χ2v) is 7.34. The normalized spacial score (nSPS) is 14.5. The molecule has 0 saturated carbocycles. The maximum Gasteiger partial charge on any atom is 0.417 e. The zero-order chi connectivity index (χ0) is 19.9. The van der Waals surface area contributed by atoms with Crippen LogP contribution in [-0.2, 0) is 6.18 Å². The number of aromatic nitrogens is 1. The van der Waals surface area contributed by atoms with Gasteiger partial charge in [0, 0.05) is 23.0 Å². The SMILES string of the molecule is Oc1nc(Nc2ccc(Cl)c(C(F)(F)F)c2)sc1C=C1C=Nc2ccccc21. The molecule has 9 heteroatoms. The standard InChI is InChI=1S/C19H11ClF3N3OS/c20-14-6-5-11(8-13(14)19(21,22)23)25-18-26-17(27)16(28-18)7-10-9-24-15-4-2-1-3-12(10)15/h1-9,27H,(H,25,26). The summed E-state index contributed by atoms with van der Waals surface area (Å²) in [4.78, 5) is 8.74. The second kappa shape index (κ2) is 6.96. The molecule has 0 spiro atoms.